The van der Waals surface area contributed by atoms with Gasteiger partial charge in [0.2, 0.25) is 11.8 Å². The predicted molar refractivity (Wildman–Crippen MR) is 138 cm³/mol. The highest BCUT2D eigenvalue weighted by Gasteiger charge is 2.25. The Morgan fingerprint density at radius 3 is 2.49 bits per heavy atom. The molecule has 0 fully saturated rings. The van der Waals surface area contributed by atoms with E-state index in [-0.39, 0.29) is 30.0 Å². The van der Waals surface area contributed by atoms with E-state index in [1.165, 1.54) is 22.2 Å². The van der Waals surface area contributed by atoms with E-state index in [0.717, 1.165) is 12.1 Å². The van der Waals surface area contributed by atoms with E-state index in [4.69, 9.17) is 4.74 Å². The highest BCUT2D eigenvalue weighted by Crippen LogP contribution is 2.30. The number of fused-ring (bicyclic) bond motifs is 1. The lowest BCUT2D eigenvalue weighted by Crippen LogP contribution is -2.35. The van der Waals surface area contributed by atoms with Crippen molar-refractivity contribution in [2.24, 2.45) is 0 Å². The fourth-order valence-corrected chi connectivity index (χ4v) is 4.87. The van der Waals surface area contributed by atoms with Crippen molar-refractivity contribution in [3.05, 3.63) is 83.9 Å². The predicted octanol–water partition coefficient (Wildman–Crippen LogP) is 4.09. The van der Waals surface area contributed by atoms with Gasteiger partial charge in [-0.15, -0.1) is 11.8 Å². The van der Waals surface area contributed by atoms with Gasteiger partial charge in [-0.05, 0) is 54.4 Å². The summed E-state index contributed by atoms with van der Waals surface area (Å²) >= 11 is 1.34. The Balaban J connectivity index is 1.36. The van der Waals surface area contributed by atoms with Gasteiger partial charge in [-0.25, -0.2) is 0 Å². The maximum atomic E-state index is 13.1. The van der Waals surface area contributed by atoms with Crippen LogP contribution in [0.2, 0.25) is 0 Å². The number of nitrogens with one attached hydrogen (secondary N) is 1. The number of methoxy groups -OCH3 is 1. The van der Waals surface area contributed by atoms with Crippen molar-refractivity contribution in [3.8, 4) is 5.75 Å². The molecule has 1 heterocycles. The fourth-order valence-electron chi connectivity index (χ4n) is 3.95. The maximum absolute atomic E-state index is 13.1. The van der Waals surface area contributed by atoms with Crippen LogP contribution >= 0.6 is 11.8 Å². The summed E-state index contributed by atoms with van der Waals surface area (Å²) in [5.41, 5.74) is 3.22. The van der Waals surface area contributed by atoms with Crippen LogP contribution < -0.4 is 15.0 Å². The Kier molecular flexibility index (Phi) is 7.72. The van der Waals surface area contributed by atoms with Crippen molar-refractivity contribution in [1.29, 1.82) is 0 Å². The van der Waals surface area contributed by atoms with E-state index >= 15 is 0 Å². The Bertz CT molecular complexity index is 1230. The lowest BCUT2D eigenvalue weighted by molar-refractivity contribution is -0.117. The van der Waals surface area contributed by atoms with Crippen molar-refractivity contribution in [2.45, 2.75) is 11.3 Å². The summed E-state index contributed by atoms with van der Waals surface area (Å²) in [6, 6.07) is 22.1. The quantitative estimate of drug-likeness (QED) is 0.482. The summed E-state index contributed by atoms with van der Waals surface area (Å²) in [5.74, 6) is 0.336. The van der Waals surface area contributed by atoms with Crippen LogP contribution in [0.15, 0.2) is 77.7 Å². The van der Waals surface area contributed by atoms with E-state index in [1.54, 1.807) is 50.6 Å². The smallest absolute Gasteiger partial charge is 0.255 e. The second kappa shape index (κ2) is 11.1. The van der Waals surface area contributed by atoms with E-state index in [9.17, 15) is 14.4 Å². The van der Waals surface area contributed by atoms with Gasteiger partial charge in [0.1, 0.15) is 5.75 Å². The van der Waals surface area contributed by atoms with Crippen molar-refractivity contribution in [3.63, 3.8) is 0 Å². The molecule has 3 aromatic carbocycles. The molecule has 0 radical (unpaired) electrons. The van der Waals surface area contributed by atoms with Gasteiger partial charge in [-0.2, -0.15) is 0 Å². The van der Waals surface area contributed by atoms with Gasteiger partial charge in [-0.1, -0.05) is 30.3 Å². The third kappa shape index (κ3) is 5.84. The summed E-state index contributed by atoms with van der Waals surface area (Å²) in [5, 5.41) is 2.78. The Hall–Kier alpha value is -3.78. The fraction of sp³-hybridized carbons (Fsp3) is 0.222. The number of likely N-dealkylation sites (N-methyl/N-ethyl adjacent to an activating group) is 1. The zero-order chi connectivity index (χ0) is 24.8. The van der Waals surface area contributed by atoms with Crippen molar-refractivity contribution >= 4 is 40.9 Å². The standard InChI is InChI=1S/C27H27N3O4S/c1-29(17-25(31)28-20-11-13-21(34-2)14-12-20)27(33)22-8-4-6-10-24(22)35-18-26(32)30-16-15-19-7-3-5-9-23(19)30/h3-14H,15-18H2,1-2H3,(H,28,31). The monoisotopic (exact) mass is 489 g/mol. The number of benzene rings is 3. The second-order valence-corrected chi connectivity index (χ2v) is 9.16. The van der Waals surface area contributed by atoms with Crippen LogP contribution in [-0.4, -0.2) is 55.6 Å². The molecule has 0 saturated heterocycles. The molecule has 4 rings (SSSR count). The lowest BCUT2D eigenvalue weighted by atomic mass is 10.2. The van der Waals surface area contributed by atoms with Gasteiger partial charge in [0, 0.05) is 29.9 Å². The van der Waals surface area contributed by atoms with Crippen LogP contribution in [0.1, 0.15) is 15.9 Å². The molecule has 3 amide bonds. The van der Waals surface area contributed by atoms with Crippen LogP contribution in [0.25, 0.3) is 0 Å². The Morgan fingerprint density at radius 2 is 1.71 bits per heavy atom. The number of ether oxygens (including phenoxy) is 1. The number of rotatable bonds is 8. The van der Waals surface area contributed by atoms with Gasteiger partial charge in [0.25, 0.3) is 5.91 Å². The lowest BCUT2D eigenvalue weighted by Gasteiger charge is -2.20. The van der Waals surface area contributed by atoms with Gasteiger partial charge in [0.15, 0.2) is 0 Å². The molecule has 3 aromatic rings. The van der Waals surface area contributed by atoms with Crippen molar-refractivity contribution in [1.82, 2.24) is 4.90 Å². The number of anilines is 2. The molecule has 8 heteroatoms. The minimum Gasteiger partial charge on any atom is -0.497 e. The summed E-state index contributed by atoms with van der Waals surface area (Å²) in [6.07, 6.45) is 0.852. The first-order valence-corrected chi connectivity index (χ1v) is 12.2. The molecule has 1 N–H and O–H groups in total. The molecule has 0 spiro atoms. The van der Waals surface area contributed by atoms with Gasteiger partial charge < -0.3 is 19.9 Å². The summed E-state index contributed by atoms with van der Waals surface area (Å²) < 4.78 is 5.12. The Morgan fingerprint density at radius 1 is 1.00 bits per heavy atom. The van der Waals surface area contributed by atoms with Crippen LogP contribution in [0.3, 0.4) is 0 Å². The highest BCUT2D eigenvalue weighted by molar-refractivity contribution is 8.00. The number of carbonyl (C=O) groups excluding carboxylic acids is 3. The summed E-state index contributed by atoms with van der Waals surface area (Å²) in [6.45, 7) is 0.568. The zero-order valence-corrected chi connectivity index (χ0v) is 20.5. The summed E-state index contributed by atoms with van der Waals surface area (Å²) in [7, 11) is 3.16. The number of thioether (sulfide) groups is 1. The van der Waals surface area contributed by atoms with Gasteiger partial charge in [0.05, 0.1) is 25.0 Å². The molecule has 0 bridgehead atoms. The van der Waals surface area contributed by atoms with Crippen LogP contribution in [-0.2, 0) is 16.0 Å². The number of carbonyl (C=O) groups is 3. The van der Waals surface area contributed by atoms with Crippen molar-refractivity contribution in [2.75, 3.05) is 43.2 Å². The third-order valence-electron chi connectivity index (χ3n) is 5.76. The van der Waals surface area contributed by atoms with E-state index < -0.39 is 0 Å². The number of hydrogen-bond acceptors (Lipinski definition) is 5. The highest BCUT2D eigenvalue weighted by atomic mass is 32.2. The molecular weight excluding hydrogens is 462 g/mol. The van der Waals surface area contributed by atoms with E-state index in [2.05, 4.69) is 5.32 Å². The third-order valence-corrected chi connectivity index (χ3v) is 6.82. The normalized spacial score (nSPS) is 12.1. The number of para-hydroxylation sites is 1. The van der Waals surface area contributed by atoms with Crippen LogP contribution in [0.4, 0.5) is 11.4 Å². The van der Waals surface area contributed by atoms with Gasteiger partial charge >= 0.3 is 0 Å². The van der Waals surface area contributed by atoms with Crippen molar-refractivity contribution < 1.29 is 19.1 Å². The Labute approximate surface area is 209 Å². The first-order chi connectivity index (χ1) is 17.0. The minimum absolute atomic E-state index is 0.00873. The SMILES string of the molecule is COc1ccc(NC(=O)CN(C)C(=O)c2ccccc2SCC(=O)N2CCc3ccccc32)cc1. The molecule has 7 nitrogen and oxygen atoms in total. The van der Waals surface area contributed by atoms with Gasteiger partial charge in [-0.3, -0.25) is 14.4 Å². The number of amides is 3. The molecule has 0 aliphatic carbocycles. The molecule has 0 aromatic heterocycles. The second-order valence-electron chi connectivity index (χ2n) is 8.15. The zero-order valence-electron chi connectivity index (χ0n) is 19.7. The molecule has 1 aliphatic rings. The van der Waals surface area contributed by atoms with E-state index in [1.807, 2.05) is 41.3 Å². The molecular formula is C27H27N3O4S. The molecule has 1 aliphatic heterocycles. The topological polar surface area (TPSA) is 79.0 Å². The first-order valence-electron chi connectivity index (χ1n) is 11.3. The maximum Gasteiger partial charge on any atom is 0.255 e. The van der Waals surface area contributed by atoms with Crippen LogP contribution in [0, 0.1) is 0 Å². The van der Waals surface area contributed by atoms with Crippen LogP contribution in [0.5, 0.6) is 5.75 Å². The number of hydrogen-bond donors (Lipinski definition) is 1. The minimum atomic E-state index is -0.306. The summed E-state index contributed by atoms with van der Waals surface area (Å²) in [4.78, 5) is 42.4. The molecule has 0 saturated carbocycles. The average Bonchev–Trinajstić information content (AvgIpc) is 3.32. The number of nitrogens with zero attached hydrogens (tertiary/aromatic N) is 2. The average molecular weight is 490 g/mol. The molecule has 0 unspecified atom stereocenters. The largest absolute Gasteiger partial charge is 0.497 e. The molecule has 35 heavy (non-hydrogen) atoms. The molecule has 0 atom stereocenters. The molecule has 180 valence electrons. The first kappa shape index (κ1) is 24.3. The van der Waals surface area contributed by atoms with E-state index in [0.29, 0.717) is 28.4 Å².